The monoisotopic (exact) mass is 379 g/mol. The van der Waals surface area contributed by atoms with Gasteiger partial charge in [-0.1, -0.05) is 48.5 Å². The molecule has 1 amide bonds. The summed E-state index contributed by atoms with van der Waals surface area (Å²) in [4.78, 5) is 14.4. The first-order chi connectivity index (χ1) is 13.7. The highest BCUT2D eigenvalue weighted by atomic mass is 16.6. The van der Waals surface area contributed by atoms with Crippen LogP contribution in [0.25, 0.3) is 17.2 Å². The molecule has 146 valence electrons. The van der Waals surface area contributed by atoms with Crippen molar-refractivity contribution in [2.75, 3.05) is 19.8 Å². The van der Waals surface area contributed by atoms with Crippen LogP contribution < -0.4 is 5.73 Å². The molecule has 5 heteroatoms. The van der Waals surface area contributed by atoms with Gasteiger partial charge in [-0.15, -0.1) is 0 Å². The highest BCUT2D eigenvalue weighted by Gasteiger charge is 2.31. The second-order valence-corrected chi connectivity index (χ2v) is 7.41. The Kier molecular flexibility index (Phi) is 5.74. The lowest BCUT2D eigenvalue weighted by atomic mass is 9.98. The molecule has 28 heavy (non-hydrogen) atoms. The fraction of sp³-hybridized carbons (Fsp3) is 0.348. The van der Waals surface area contributed by atoms with Crippen molar-refractivity contribution in [3.63, 3.8) is 0 Å². The van der Waals surface area contributed by atoms with E-state index >= 15 is 0 Å². The number of piperidine rings is 1. The first-order valence-corrected chi connectivity index (χ1v) is 9.97. The van der Waals surface area contributed by atoms with Crippen molar-refractivity contribution in [2.24, 2.45) is 0 Å². The normalized spacial score (nSPS) is 23.3. The summed E-state index contributed by atoms with van der Waals surface area (Å²) >= 11 is 0. The molecule has 2 heterocycles. The zero-order valence-corrected chi connectivity index (χ0v) is 16.0. The Hall–Kier alpha value is -2.63. The van der Waals surface area contributed by atoms with Gasteiger partial charge in [-0.25, -0.2) is 4.79 Å². The Balaban J connectivity index is 1.55. The minimum Gasteiger partial charge on any atom is -0.446 e. The van der Waals surface area contributed by atoms with E-state index in [9.17, 15) is 4.79 Å². The lowest BCUT2D eigenvalue weighted by molar-refractivity contribution is -0.413. The van der Waals surface area contributed by atoms with Crippen LogP contribution in [-0.4, -0.2) is 42.9 Å². The number of hydrogen-bond donors (Lipinski definition) is 1. The summed E-state index contributed by atoms with van der Waals surface area (Å²) in [5, 5.41) is 0. The van der Waals surface area contributed by atoms with Gasteiger partial charge in [0.05, 0.1) is 11.8 Å². The molecular formula is C23H27N2O3+. The van der Waals surface area contributed by atoms with Gasteiger partial charge in [-0.3, -0.25) is 4.90 Å². The van der Waals surface area contributed by atoms with Crippen LogP contribution >= 0.6 is 0 Å². The van der Waals surface area contributed by atoms with E-state index in [0.717, 1.165) is 42.7 Å². The molecule has 0 aliphatic carbocycles. The van der Waals surface area contributed by atoms with Crippen LogP contribution in [0.3, 0.4) is 0 Å². The number of quaternary nitrogens is 1. The Morgan fingerprint density at radius 3 is 2.68 bits per heavy atom. The topological polar surface area (TPSA) is 66.4 Å². The van der Waals surface area contributed by atoms with Crippen LogP contribution in [0.1, 0.15) is 24.8 Å². The SMILES string of the molecule is [NH3+]C1CCCN(C(=O)OCC2CCO2)/C1=C/c1cccc(-c2ccccc2)c1. The van der Waals surface area contributed by atoms with Crippen molar-refractivity contribution in [3.05, 3.63) is 65.9 Å². The first-order valence-electron chi connectivity index (χ1n) is 9.97. The molecule has 5 nitrogen and oxygen atoms in total. The summed E-state index contributed by atoms with van der Waals surface area (Å²) in [5.41, 5.74) is 8.59. The number of likely N-dealkylation sites (tertiary alicyclic amines) is 1. The maximum Gasteiger partial charge on any atom is 0.414 e. The fourth-order valence-corrected chi connectivity index (χ4v) is 3.65. The molecule has 2 fully saturated rings. The lowest BCUT2D eigenvalue weighted by Gasteiger charge is -2.32. The van der Waals surface area contributed by atoms with Crippen molar-refractivity contribution in [1.82, 2.24) is 4.90 Å². The molecule has 3 N–H and O–H groups in total. The van der Waals surface area contributed by atoms with E-state index < -0.39 is 0 Å². The number of amides is 1. The van der Waals surface area contributed by atoms with Gasteiger partial charge in [0.2, 0.25) is 0 Å². The molecule has 4 rings (SSSR count). The average Bonchev–Trinajstić information content (AvgIpc) is 2.69. The van der Waals surface area contributed by atoms with E-state index in [-0.39, 0.29) is 18.2 Å². The molecule has 0 saturated carbocycles. The van der Waals surface area contributed by atoms with Gasteiger partial charge in [-0.2, -0.15) is 0 Å². The van der Waals surface area contributed by atoms with Gasteiger partial charge >= 0.3 is 6.09 Å². The summed E-state index contributed by atoms with van der Waals surface area (Å²) in [7, 11) is 0. The maximum atomic E-state index is 12.7. The summed E-state index contributed by atoms with van der Waals surface area (Å²) < 4.78 is 10.8. The van der Waals surface area contributed by atoms with Crippen LogP contribution in [0.4, 0.5) is 4.79 Å². The molecule has 2 atom stereocenters. The van der Waals surface area contributed by atoms with Crippen LogP contribution in [0.5, 0.6) is 0 Å². The number of carbonyl (C=O) groups is 1. The fourth-order valence-electron chi connectivity index (χ4n) is 3.65. The van der Waals surface area contributed by atoms with Gasteiger partial charge < -0.3 is 15.2 Å². The van der Waals surface area contributed by atoms with Crippen LogP contribution in [0.15, 0.2) is 60.3 Å². The molecule has 2 aromatic carbocycles. The van der Waals surface area contributed by atoms with Gasteiger partial charge in [-0.05, 0) is 35.3 Å². The third kappa shape index (κ3) is 4.26. The molecular weight excluding hydrogens is 352 g/mol. The number of rotatable bonds is 4. The molecule has 2 aliphatic heterocycles. The van der Waals surface area contributed by atoms with Gasteiger partial charge in [0.15, 0.2) is 0 Å². The quantitative estimate of drug-likeness (QED) is 0.886. The van der Waals surface area contributed by atoms with Gasteiger partial charge in [0.1, 0.15) is 12.6 Å². The summed E-state index contributed by atoms with van der Waals surface area (Å²) in [6, 6.07) is 18.7. The van der Waals surface area contributed by atoms with Crippen LogP contribution in [-0.2, 0) is 9.47 Å². The molecule has 0 aromatic heterocycles. The van der Waals surface area contributed by atoms with E-state index in [1.807, 2.05) is 24.3 Å². The third-order valence-corrected chi connectivity index (χ3v) is 5.38. The van der Waals surface area contributed by atoms with E-state index in [4.69, 9.17) is 9.47 Å². The van der Waals surface area contributed by atoms with Crippen LogP contribution in [0, 0.1) is 0 Å². The summed E-state index contributed by atoms with van der Waals surface area (Å²) in [6.45, 7) is 1.75. The molecule has 0 spiro atoms. The van der Waals surface area contributed by atoms with E-state index in [1.165, 1.54) is 5.56 Å². The van der Waals surface area contributed by atoms with Gasteiger partial charge in [0, 0.05) is 26.0 Å². The minimum atomic E-state index is -0.297. The molecule has 2 saturated heterocycles. The Morgan fingerprint density at radius 1 is 1.14 bits per heavy atom. The predicted octanol–water partition coefficient (Wildman–Crippen LogP) is 3.33. The first kappa shape index (κ1) is 18.7. The Labute approximate surface area is 165 Å². The highest BCUT2D eigenvalue weighted by molar-refractivity contribution is 5.74. The van der Waals surface area contributed by atoms with Crippen LogP contribution in [0.2, 0.25) is 0 Å². The van der Waals surface area contributed by atoms with Crippen molar-refractivity contribution in [2.45, 2.75) is 31.4 Å². The third-order valence-electron chi connectivity index (χ3n) is 5.38. The van der Waals surface area contributed by atoms with Crippen molar-refractivity contribution in [1.29, 1.82) is 0 Å². The summed E-state index contributed by atoms with van der Waals surface area (Å²) in [5.74, 6) is 0. The molecule has 0 bridgehead atoms. The lowest BCUT2D eigenvalue weighted by Crippen LogP contribution is -2.66. The van der Waals surface area contributed by atoms with Crippen molar-refractivity contribution in [3.8, 4) is 11.1 Å². The van der Waals surface area contributed by atoms with E-state index in [1.54, 1.807) is 4.90 Å². The average molecular weight is 379 g/mol. The molecule has 2 aromatic rings. The second kappa shape index (κ2) is 8.59. The number of ether oxygens (including phenoxy) is 2. The number of benzene rings is 2. The van der Waals surface area contributed by atoms with Crippen molar-refractivity contribution >= 4 is 12.2 Å². The highest BCUT2D eigenvalue weighted by Crippen LogP contribution is 2.25. The Bertz CT molecular complexity index is 846. The molecule has 0 radical (unpaired) electrons. The maximum absolute atomic E-state index is 12.7. The van der Waals surface area contributed by atoms with E-state index in [2.05, 4.69) is 42.1 Å². The zero-order valence-electron chi connectivity index (χ0n) is 16.0. The largest absolute Gasteiger partial charge is 0.446 e. The predicted molar refractivity (Wildman–Crippen MR) is 108 cm³/mol. The van der Waals surface area contributed by atoms with E-state index in [0.29, 0.717) is 13.2 Å². The standard InChI is InChI=1S/C23H26N2O3/c24-21-10-5-12-25(23(26)28-16-20-11-13-27-20)22(21)15-17-6-4-9-19(14-17)18-7-2-1-3-8-18/h1-4,6-9,14-15,20-21H,5,10-13,16,24H2/p+1/b22-15+. The molecule has 2 unspecified atom stereocenters. The smallest absolute Gasteiger partial charge is 0.414 e. The van der Waals surface area contributed by atoms with Gasteiger partial charge in [0.25, 0.3) is 0 Å². The minimum absolute atomic E-state index is 0.0549. The number of hydrogen-bond acceptors (Lipinski definition) is 3. The summed E-state index contributed by atoms with van der Waals surface area (Å²) in [6.07, 6.45) is 4.70. The van der Waals surface area contributed by atoms with Crippen molar-refractivity contribution < 1.29 is 20.0 Å². The second-order valence-electron chi connectivity index (χ2n) is 7.41. The zero-order chi connectivity index (χ0) is 19.3. The molecule has 2 aliphatic rings. The Morgan fingerprint density at radius 2 is 1.93 bits per heavy atom. The number of carbonyl (C=O) groups excluding carboxylic acids is 1. The number of nitrogens with zero attached hydrogens (tertiary/aromatic N) is 1.